The molecule has 0 unspecified atom stereocenters. The van der Waals surface area contributed by atoms with Crippen LogP contribution in [0.2, 0.25) is 0 Å². The monoisotopic (exact) mass is 317 g/mol. The number of fused-ring (bicyclic) bond motifs is 2. The van der Waals surface area contributed by atoms with Gasteiger partial charge in [0.05, 0.1) is 0 Å². The fourth-order valence-corrected chi connectivity index (χ4v) is 2.94. The fraction of sp³-hybridized carbons (Fsp3) is 0.150. The van der Waals surface area contributed by atoms with Gasteiger partial charge in [-0.15, -0.1) is 0 Å². The van der Waals surface area contributed by atoms with Gasteiger partial charge in [-0.2, -0.15) is 0 Å². The molecule has 2 aromatic heterocycles. The van der Waals surface area contributed by atoms with Crippen LogP contribution in [0.25, 0.3) is 21.8 Å². The quantitative estimate of drug-likeness (QED) is 0.488. The first-order valence-electron chi connectivity index (χ1n) is 8.12. The number of rotatable bonds is 3. The van der Waals surface area contributed by atoms with Crippen molar-refractivity contribution in [2.24, 2.45) is 0 Å². The zero-order chi connectivity index (χ0) is 16.7. The van der Waals surface area contributed by atoms with E-state index in [1.54, 1.807) is 0 Å². The van der Waals surface area contributed by atoms with Crippen LogP contribution < -0.4 is 5.32 Å². The molecule has 1 amide bonds. The minimum Gasteiger partial charge on any atom is -0.358 e. The molecule has 4 heteroatoms. The first-order chi connectivity index (χ1) is 11.6. The molecule has 24 heavy (non-hydrogen) atoms. The Bertz CT molecular complexity index is 1010. The lowest BCUT2D eigenvalue weighted by Crippen LogP contribution is -2.11. The van der Waals surface area contributed by atoms with E-state index in [0.29, 0.717) is 11.6 Å². The summed E-state index contributed by atoms with van der Waals surface area (Å²) in [6.07, 6.45) is 0. The summed E-state index contributed by atoms with van der Waals surface area (Å²) in [5, 5.41) is 5.10. The van der Waals surface area contributed by atoms with Crippen molar-refractivity contribution >= 4 is 33.4 Å². The highest BCUT2D eigenvalue weighted by Crippen LogP contribution is 2.24. The molecule has 0 saturated carbocycles. The Balaban J connectivity index is 1.61. The average Bonchev–Trinajstić information content (AvgIpc) is 3.18. The molecule has 0 aliphatic heterocycles. The van der Waals surface area contributed by atoms with Crippen LogP contribution in [0.1, 0.15) is 35.9 Å². The van der Waals surface area contributed by atoms with Crippen LogP contribution >= 0.6 is 0 Å². The van der Waals surface area contributed by atoms with Crippen LogP contribution in [0.5, 0.6) is 0 Å². The fourth-order valence-electron chi connectivity index (χ4n) is 2.94. The summed E-state index contributed by atoms with van der Waals surface area (Å²) < 4.78 is 0. The molecule has 2 aromatic carbocycles. The summed E-state index contributed by atoms with van der Waals surface area (Å²) in [6, 6.07) is 17.8. The Labute approximate surface area is 139 Å². The molecule has 0 bridgehead atoms. The van der Waals surface area contributed by atoms with Crippen LogP contribution in [0.15, 0.2) is 54.6 Å². The zero-order valence-electron chi connectivity index (χ0n) is 13.7. The van der Waals surface area contributed by atoms with Gasteiger partial charge in [0.25, 0.3) is 5.91 Å². The highest BCUT2D eigenvalue weighted by atomic mass is 16.1. The van der Waals surface area contributed by atoms with E-state index in [1.807, 2.05) is 48.5 Å². The minimum atomic E-state index is -0.134. The topological polar surface area (TPSA) is 60.7 Å². The first kappa shape index (κ1) is 14.6. The number of amides is 1. The van der Waals surface area contributed by atoms with E-state index in [0.717, 1.165) is 27.5 Å². The van der Waals surface area contributed by atoms with Gasteiger partial charge in [0.1, 0.15) is 5.69 Å². The molecule has 0 atom stereocenters. The Morgan fingerprint density at radius 2 is 1.71 bits per heavy atom. The van der Waals surface area contributed by atoms with Gasteiger partial charge in [0, 0.05) is 33.2 Å². The molecule has 4 rings (SSSR count). The van der Waals surface area contributed by atoms with Crippen molar-refractivity contribution < 1.29 is 4.79 Å². The van der Waals surface area contributed by atoms with E-state index in [4.69, 9.17) is 0 Å². The molecular weight excluding hydrogens is 298 g/mol. The third kappa shape index (κ3) is 2.56. The second-order valence-electron chi connectivity index (χ2n) is 6.41. The van der Waals surface area contributed by atoms with E-state index in [1.165, 1.54) is 5.69 Å². The summed E-state index contributed by atoms with van der Waals surface area (Å²) in [6.45, 7) is 4.31. The Morgan fingerprint density at radius 3 is 2.50 bits per heavy atom. The maximum Gasteiger partial charge on any atom is 0.272 e. The number of para-hydroxylation sites is 1. The smallest absolute Gasteiger partial charge is 0.272 e. The minimum absolute atomic E-state index is 0.134. The molecule has 0 aliphatic rings. The average molecular weight is 317 g/mol. The van der Waals surface area contributed by atoms with Gasteiger partial charge in [0.2, 0.25) is 0 Å². The molecule has 120 valence electrons. The molecule has 2 heterocycles. The maximum absolute atomic E-state index is 12.5. The van der Waals surface area contributed by atoms with E-state index in [-0.39, 0.29) is 5.91 Å². The molecule has 0 fully saturated rings. The standard InChI is InChI=1S/C20H19N3O/c1-12(2)18-11-14-9-15(7-8-17(14)22-18)21-20(24)19-10-13-5-3-4-6-16(13)23-19/h3-12,22-23H,1-2H3,(H,21,24). The number of aromatic amines is 2. The highest BCUT2D eigenvalue weighted by molar-refractivity contribution is 6.06. The summed E-state index contributed by atoms with van der Waals surface area (Å²) in [5.74, 6) is 0.312. The number of aromatic nitrogens is 2. The van der Waals surface area contributed by atoms with Crippen molar-refractivity contribution in [1.82, 2.24) is 9.97 Å². The summed E-state index contributed by atoms with van der Waals surface area (Å²) in [7, 11) is 0. The van der Waals surface area contributed by atoms with Crippen LogP contribution in [0.3, 0.4) is 0 Å². The molecule has 3 N–H and O–H groups in total. The van der Waals surface area contributed by atoms with E-state index >= 15 is 0 Å². The third-order valence-electron chi connectivity index (χ3n) is 4.30. The molecule has 0 radical (unpaired) electrons. The van der Waals surface area contributed by atoms with Gasteiger partial charge in [-0.1, -0.05) is 32.0 Å². The van der Waals surface area contributed by atoms with Gasteiger partial charge in [0.15, 0.2) is 0 Å². The number of nitrogens with one attached hydrogen (secondary N) is 3. The normalized spacial score (nSPS) is 11.5. The van der Waals surface area contributed by atoms with Crippen molar-refractivity contribution in [3.8, 4) is 0 Å². The largest absolute Gasteiger partial charge is 0.358 e. The molecular formula is C20H19N3O. The van der Waals surface area contributed by atoms with Crippen LogP contribution in [0, 0.1) is 0 Å². The lowest BCUT2D eigenvalue weighted by atomic mass is 10.1. The number of carbonyl (C=O) groups is 1. The van der Waals surface area contributed by atoms with Crippen LogP contribution in [-0.4, -0.2) is 15.9 Å². The number of H-pyrrole nitrogens is 2. The predicted octanol–water partition coefficient (Wildman–Crippen LogP) is 5.02. The van der Waals surface area contributed by atoms with Gasteiger partial charge in [-0.25, -0.2) is 0 Å². The zero-order valence-corrected chi connectivity index (χ0v) is 13.7. The van der Waals surface area contributed by atoms with Gasteiger partial charge in [-0.05, 0) is 42.3 Å². The number of anilines is 1. The van der Waals surface area contributed by atoms with Crippen molar-refractivity contribution in [3.05, 3.63) is 66.0 Å². The Hall–Kier alpha value is -3.01. The van der Waals surface area contributed by atoms with Crippen molar-refractivity contribution in [2.75, 3.05) is 5.32 Å². The summed E-state index contributed by atoms with van der Waals surface area (Å²) in [5.41, 5.74) is 4.60. The summed E-state index contributed by atoms with van der Waals surface area (Å²) in [4.78, 5) is 19.0. The van der Waals surface area contributed by atoms with Gasteiger partial charge < -0.3 is 15.3 Å². The number of hydrogen-bond donors (Lipinski definition) is 3. The number of carbonyl (C=O) groups excluding carboxylic acids is 1. The van der Waals surface area contributed by atoms with Crippen LogP contribution in [-0.2, 0) is 0 Å². The van der Waals surface area contributed by atoms with E-state index in [9.17, 15) is 4.79 Å². The third-order valence-corrected chi connectivity index (χ3v) is 4.30. The Kier molecular flexibility index (Phi) is 3.38. The second-order valence-corrected chi connectivity index (χ2v) is 6.41. The number of benzene rings is 2. The van der Waals surface area contributed by atoms with Gasteiger partial charge in [-0.3, -0.25) is 4.79 Å². The Morgan fingerprint density at radius 1 is 0.917 bits per heavy atom. The van der Waals surface area contributed by atoms with Crippen molar-refractivity contribution in [2.45, 2.75) is 19.8 Å². The van der Waals surface area contributed by atoms with E-state index in [2.05, 4.69) is 35.2 Å². The predicted molar refractivity (Wildman–Crippen MR) is 98.6 cm³/mol. The van der Waals surface area contributed by atoms with Crippen molar-refractivity contribution in [3.63, 3.8) is 0 Å². The first-order valence-corrected chi connectivity index (χ1v) is 8.12. The van der Waals surface area contributed by atoms with Gasteiger partial charge >= 0.3 is 0 Å². The van der Waals surface area contributed by atoms with E-state index < -0.39 is 0 Å². The SMILES string of the molecule is CC(C)c1cc2cc(NC(=O)c3cc4ccccc4[nH]3)ccc2[nH]1. The lowest BCUT2D eigenvalue weighted by molar-refractivity contribution is 0.102. The summed E-state index contributed by atoms with van der Waals surface area (Å²) >= 11 is 0. The molecule has 0 saturated heterocycles. The van der Waals surface area contributed by atoms with Crippen LogP contribution in [0.4, 0.5) is 5.69 Å². The molecule has 4 nitrogen and oxygen atoms in total. The lowest BCUT2D eigenvalue weighted by Gasteiger charge is -2.03. The maximum atomic E-state index is 12.5. The molecule has 0 spiro atoms. The molecule has 0 aliphatic carbocycles. The highest BCUT2D eigenvalue weighted by Gasteiger charge is 2.11. The molecule has 4 aromatic rings. The van der Waals surface area contributed by atoms with Crippen molar-refractivity contribution in [1.29, 1.82) is 0 Å². The number of hydrogen-bond acceptors (Lipinski definition) is 1. The second kappa shape index (κ2) is 5.57.